The molecule has 8 nitrogen and oxygen atoms in total. The Hall–Kier alpha value is -2.40. The average molecular weight is 443 g/mol. The van der Waals surface area contributed by atoms with E-state index < -0.39 is 10.0 Å². The fraction of sp³-hybridized carbons (Fsp3) is 0.350. The van der Waals surface area contributed by atoms with Crippen LogP contribution in [0, 0.1) is 13.8 Å². The van der Waals surface area contributed by atoms with Gasteiger partial charge in [0.25, 0.3) is 0 Å². The highest BCUT2D eigenvalue weighted by Crippen LogP contribution is 2.39. The molecule has 4 heterocycles. The molecule has 0 atom stereocenters. The Morgan fingerprint density at radius 2 is 2.03 bits per heavy atom. The Morgan fingerprint density at radius 1 is 1.23 bits per heavy atom. The quantitative estimate of drug-likeness (QED) is 0.554. The van der Waals surface area contributed by atoms with Crippen LogP contribution in [0.15, 0.2) is 35.5 Å². The van der Waals surface area contributed by atoms with E-state index in [1.54, 1.807) is 30.6 Å². The van der Waals surface area contributed by atoms with Gasteiger partial charge in [0.1, 0.15) is 5.69 Å². The lowest BCUT2D eigenvalue weighted by Crippen LogP contribution is -2.54. The molecule has 3 fully saturated rings. The molecule has 2 aliphatic heterocycles. The predicted molar refractivity (Wildman–Crippen MR) is 117 cm³/mol. The molecule has 0 unspecified atom stereocenters. The molecule has 3 aliphatic rings. The third-order valence-corrected chi connectivity index (χ3v) is 8.30. The smallest absolute Gasteiger partial charge is 0.241 e. The van der Waals surface area contributed by atoms with Crippen LogP contribution >= 0.6 is 11.3 Å². The summed E-state index contributed by atoms with van der Waals surface area (Å²) in [5, 5.41) is 4.23. The van der Waals surface area contributed by atoms with Crippen molar-refractivity contribution < 1.29 is 8.42 Å². The van der Waals surface area contributed by atoms with Crippen LogP contribution in [-0.2, 0) is 10.0 Å². The highest BCUT2D eigenvalue weighted by atomic mass is 32.2. The normalized spacial score (nSPS) is 22.8. The number of benzene rings is 1. The first-order valence-corrected chi connectivity index (χ1v) is 12.0. The molecule has 30 heavy (non-hydrogen) atoms. The third kappa shape index (κ3) is 3.29. The van der Waals surface area contributed by atoms with E-state index in [0.29, 0.717) is 35.4 Å². The third-order valence-electron chi connectivity index (χ3n) is 5.81. The Balaban J connectivity index is 1.52. The van der Waals surface area contributed by atoms with Crippen molar-refractivity contribution in [2.75, 3.05) is 12.3 Å². The number of nitrogens with two attached hydrogens (primary N) is 1. The van der Waals surface area contributed by atoms with Gasteiger partial charge >= 0.3 is 0 Å². The molecule has 6 rings (SSSR count). The molecule has 2 saturated heterocycles. The number of nitrogens with one attached hydrogen (secondary N) is 2. The lowest BCUT2D eigenvalue weighted by molar-refractivity contribution is 0.279. The van der Waals surface area contributed by atoms with E-state index in [1.165, 1.54) is 11.3 Å². The molecule has 1 aromatic carbocycles. The summed E-state index contributed by atoms with van der Waals surface area (Å²) in [4.78, 5) is 14.3. The van der Waals surface area contributed by atoms with E-state index in [0.717, 1.165) is 28.3 Å². The van der Waals surface area contributed by atoms with Crippen LogP contribution in [-0.4, -0.2) is 41.5 Å². The van der Waals surface area contributed by atoms with E-state index in [2.05, 4.69) is 20.0 Å². The van der Waals surface area contributed by atoms with Crippen molar-refractivity contribution in [1.29, 1.82) is 0 Å². The van der Waals surface area contributed by atoms with Crippen LogP contribution in [0.25, 0.3) is 21.8 Å². The number of fused-ring (bicyclic) bond motifs is 1. The van der Waals surface area contributed by atoms with Crippen LogP contribution in [0.3, 0.4) is 0 Å². The zero-order valence-electron chi connectivity index (χ0n) is 16.6. The summed E-state index contributed by atoms with van der Waals surface area (Å²) in [6, 6.07) is 5.52. The van der Waals surface area contributed by atoms with Gasteiger partial charge in [-0.3, -0.25) is 0 Å². The predicted octanol–water partition coefficient (Wildman–Crippen LogP) is 2.25. The topological polar surface area (TPSA) is 123 Å². The number of hydrogen-bond acceptors (Lipinski definition) is 8. The van der Waals surface area contributed by atoms with Gasteiger partial charge in [0, 0.05) is 29.9 Å². The molecule has 10 heteroatoms. The second kappa shape index (κ2) is 6.81. The van der Waals surface area contributed by atoms with Gasteiger partial charge in [0.15, 0.2) is 5.82 Å². The average Bonchev–Trinajstić information content (AvgIpc) is 3.38. The van der Waals surface area contributed by atoms with Gasteiger partial charge < -0.3 is 11.1 Å². The lowest BCUT2D eigenvalue weighted by Gasteiger charge is -2.37. The molecule has 0 amide bonds. The van der Waals surface area contributed by atoms with Crippen LogP contribution in [0.2, 0.25) is 0 Å². The number of anilines is 1. The standard InChI is InChI=1S/C20H22N6O2S2/c1-11-3-4-14(30(27,28)26-20-6-13(7-20)24-10-20)5-15(11)16-8-23-19(21)18(25-16)17-9-22-12(2)29-17/h3-5,8-9,13,24,26H,6-7,10H2,1-2H3,(H2,21,23). The summed E-state index contributed by atoms with van der Waals surface area (Å²) in [6.07, 6.45) is 4.98. The van der Waals surface area contributed by atoms with Crippen molar-refractivity contribution >= 4 is 27.2 Å². The van der Waals surface area contributed by atoms with Crippen LogP contribution in [0.1, 0.15) is 23.4 Å². The highest BCUT2D eigenvalue weighted by Gasteiger charge is 2.52. The van der Waals surface area contributed by atoms with Crippen molar-refractivity contribution in [3.05, 3.63) is 41.2 Å². The molecule has 2 bridgehead atoms. The van der Waals surface area contributed by atoms with E-state index in [4.69, 9.17) is 10.7 Å². The largest absolute Gasteiger partial charge is 0.382 e. The van der Waals surface area contributed by atoms with Gasteiger partial charge in [-0.15, -0.1) is 11.3 Å². The van der Waals surface area contributed by atoms with Gasteiger partial charge in [0.05, 0.1) is 26.7 Å². The van der Waals surface area contributed by atoms with Crippen molar-refractivity contribution in [3.63, 3.8) is 0 Å². The first kappa shape index (κ1) is 19.6. The maximum absolute atomic E-state index is 13.1. The van der Waals surface area contributed by atoms with E-state index >= 15 is 0 Å². The first-order valence-electron chi connectivity index (χ1n) is 9.68. The number of nitrogens with zero attached hydrogens (tertiary/aromatic N) is 3. The number of nitrogen functional groups attached to an aromatic ring is 1. The van der Waals surface area contributed by atoms with Crippen LogP contribution < -0.4 is 15.8 Å². The second-order valence-corrected chi connectivity index (χ2v) is 11.0. The van der Waals surface area contributed by atoms with Crippen molar-refractivity contribution in [1.82, 2.24) is 25.0 Å². The zero-order valence-corrected chi connectivity index (χ0v) is 18.3. The molecule has 0 radical (unpaired) electrons. The number of thiazole rings is 1. The van der Waals surface area contributed by atoms with Gasteiger partial charge in [-0.25, -0.2) is 28.1 Å². The number of aromatic nitrogens is 3. The van der Waals surface area contributed by atoms with Gasteiger partial charge in [0.2, 0.25) is 10.0 Å². The SMILES string of the molecule is Cc1ncc(-c2nc(-c3cc(S(=O)(=O)NC45CNC(C4)C5)ccc3C)cnc2N)s1. The highest BCUT2D eigenvalue weighted by molar-refractivity contribution is 7.89. The molecule has 4 N–H and O–H groups in total. The van der Waals surface area contributed by atoms with Crippen LogP contribution in [0.4, 0.5) is 5.82 Å². The first-order chi connectivity index (χ1) is 14.2. The van der Waals surface area contributed by atoms with E-state index in [9.17, 15) is 8.42 Å². The molecular weight excluding hydrogens is 420 g/mol. The van der Waals surface area contributed by atoms with Gasteiger partial charge in [-0.05, 0) is 44.4 Å². The van der Waals surface area contributed by atoms with E-state index in [1.807, 2.05) is 13.8 Å². The zero-order chi connectivity index (χ0) is 21.1. The summed E-state index contributed by atoms with van der Waals surface area (Å²) in [7, 11) is -3.65. The number of sulfonamides is 1. The molecule has 1 saturated carbocycles. The van der Waals surface area contributed by atoms with Gasteiger partial charge in [-0.2, -0.15) is 0 Å². The van der Waals surface area contributed by atoms with Gasteiger partial charge in [-0.1, -0.05) is 6.07 Å². The summed E-state index contributed by atoms with van der Waals surface area (Å²) in [5.41, 5.74) is 8.44. The number of hydrogen-bond donors (Lipinski definition) is 3. The molecule has 1 aliphatic carbocycles. The Kier molecular flexibility index (Phi) is 4.44. The summed E-state index contributed by atoms with van der Waals surface area (Å²) < 4.78 is 29.0. The Morgan fingerprint density at radius 3 is 2.70 bits per heavy atom. The van der Waals surface area contributed by atoms with Crippen molar-refractivity contribution in [2.24, 2.45) is 0 Å². The Labute approximate surface area is 179 Å². The van der Waals surface area contributed by atoms with Crippen molar-refractivity contribution in [2.45, 2.75) is 43.2 Å². The maximum atomic E-state index is 13.1. The summed E-state index contributed by atoms with van der Waals surface area (Å²) in [6.45, 7) is 4.51. The number of aryl methyl sites for hydroxylation is 2. The number of rotatable bonds is 5. The molecule has 2 aromatic heterocycles. The minimum absolute atomic E-state index is 0.224. The van der Waals surface area contributed by atoms with E-state index in [-0.39, 0.29) is 10.4 Å². The Bertz CT molecular complexity index is 1240. The minimum Gasteiger partial charge on any atom is -0.382 e. The fourth-order valence-corrected chi connectivity index (χ4v) is 6.42. The second-order valence-electron chi connectivity index (χ2n) is 8.08. The summed E-state index contributed by atoms with van der Waals surface area (Å²) in [5.74, 6) is 0.317. The maximum Gasteiger partial charge on any atom is 0.241 e. The van der Waals surface area contributed by atoms with Crippen LogP contribution in [0.5, 0.6) is 0 Å². The monoisotopic (exact) mass is 442 g/mol. The molecular formula is C20H22N6O2S2. The molecule has 156 valence electrons. The fourth-order valence-electron chi connectivity index (χ4n) is 4.20. The van der Waals surface area contributed by atoms with Crippen molar-refractivity contribution in [3.8, 4) is 21.8 Å². The lowest BCUT2D eigenvalue weighted by atomic mass is 9.79. The summed E-state index contributed by atoms with van der Waals surface area (Å²) >= 11 is 1.49. The molecule has 0 spiro atoms. The molecule has 3 aromatic rings. The minimum atomic E-state index is -3.65.